The van der Waals surface area contributed by atoms with Gasteiger partial charge in [0.05, 0.1) is 18.3 Å². The maximum atomic E-state index is 12.3. The number of nitrogens with zero attached hydrogens (tertiary/aromatic N) is 2. The molecule has 1 aromatic heterocycles. The Hall–Kier alpha value is -4.39. The molecule has 4 aromatic rings. The molecule has 0 spiro atoms. The number of ether oxygens (including phenoxy) is 2. The van der Waals surface area contributed by atoms with E-state index in [0.717, 1.165) is 27.7 Å². The first-order valence-electron chi connectivity index (χ1n) is 11.0. The Morgan fingerprint density at radius 1 is 0.971 bits per heavy atom. The van der Waals surface area contributed by atoms with Gasteiger partial charge in [0, 0.05) is 11.1 Å². The van der Waals surface area contributed by atoms with Crippen molar-refractivity contribution in [2.45, 2.75) is 13.8 Å². The zero-order valence-corrected chi connectivity index (χ0v) is 19.1. The molecule has 0 saturated heterocycles. The molecule has 0 aliphatic heterocycles. The number of hydrogen-bond donors (Lipinski definition) is 2. The van der Waals surface area contributed by atoms with Crippen LogP contribution in [0.5, 0.6) is 11.5 Å². The van der Waals surface area contributed by atoms with Gasteiger partial charge in [0.25, 0.3) is 5.91 Å². The molecular weight excluding hydrogens is 428 g/mol. The lowest BCUT2D eigenvalue weighted by atomic mass is 10.2. The predicted molar refractivity (Wildman–Crippen MR) is 136 cm³/mol. The number of fused-ring (bicyclic) bond motifs is 1. The summed E-state index contributed by atoms with van der Waals surface area (Å²) in [4.78, 5) is 16.8. The highest BCUT2D eigenvalue weighted by molar-refractivity contribution is 5.92. The van der Waals surface area contributed by atoms with Crippen LogP contribution in [0.2, 0.25) is 0 Å². The summed E-state index contributed by atoms with van der Waals surface area (Å²) in [6.07, 6.45) is 1.67. The highest BCUT2D eigenvalue weighted by Crippen LogP contribution is 2.28. The summed E-state index contributed by atoms with van der Waals surface area (Å²) in [5, 5.41) is 8.17. The van der Waals surface area contributed by atoms with Crippen LogP contribution in [0.15, 0.2) is 84.0 Å². The van der Waals surface area contributed by atoms with Gasteiger partial charge in [0.2, 0.25) is 0 Å². The second-order valence-corrected chi connectivity index (χ2v) is 7.60. The average molecular weight is 455 g/mol. The maximum absolute atomic E-state index is 12.3. The highest BCUT2D eigenvalue weighted by Gasteiger charge is 2.09. The summed E-state index contributed by atoms with van der Waals surface area (Å²) < 4.78 is 11.4. The fourth-order valence-electron chi connectivity index (χ4n) is 3.27. The summed E-state index contributed by atoms with van der Waals surface area (Å²) in [6.45, 7) is 4.22. The lowest BCUT2D eigenvalue weighted by Crippen LogP contribution is -2.20. The number of benzene rings is 3. The zero-order chi connectivity index (χ0) is 23.8. The van der Waals surface area contributed by atoms with Crippen LogP contribution in [0, 0.1) is 6.92 Å². The van der Waals surface area contributed by atoms with Gasteiger partial charge in [-0.2, -0.15) is 5.10 Å². The van der Waals surface area contributed by atoms with E-state index >= 15 is 0 Å². The minimum Gasteiger partial charge on any atom is -0.490 e. The summed E-state index contributed by atoms with van der Waals surface area (Å²) >= 11 is 0. The number of hydrazone groups is 1. The number of pyridine rings is 1. The number of aromatic nitrogens is 1. The smallest absolute Gasteiger partial charge is 0.262 e. The Bertz CT molecular complexity index is 1300. The zero-order valence-electron chi connectivity index (χ0n) is 19.1. The van der Waals surface area contributed by atoms with Gasteiger partial charge in [-0.05, 0) is 67.9 Å². The number of carbonyl (C=O) groups is 1. The van der Waals surface area contributed by atoms with E-state index in [4.69, 9.17) is 9.47 Å². The predicted octanol–water partition coefficient (Wildman–Crippen LogP) is 5.41. The van der Waals surface area contributed by atoms with Gasteiger partial charge in [0.15, 0.2) is 18.1 Å². The topological polar surface area (TPSA) is 84.8 Å². The molecule has 3 aromatic carbocycles. The normalized spacial score (nSPS) is 10.9. The van der Waals surface area contributed by atoms with E-state index in [-0.39, 0.29) is 12.5 Å². The molecule has 1 heterocycles. The van der Waals surface area contributed by atoms with Crippen LogP contribution in [0.4, 0.5) is 11.5 Å². The van der Waals surface area contributed by atoms with E-state index in [2.05, 4.69) is 20.8 Å². The minimum atomic E-state index is -0.246. The lowest BCUT2D eigenvalue weighted by molar-refractivity contribution is -0.118. The van der Waals surface area contributed by atoms with Crippen molar-refractivity contribution in [3.8, 4) is 11.5 Å². The second-order valence-electron chi connectivity index (χ2n) is 7.60. The molecule has 7 heteroatoms. The van der Waals surface area contributed by atoms with E-state index in [1.807, 2.05) is 86.6 Å². The summed E-state index contributed by atoms with van der Waals surface area (Å²) in [6, 6.07) is 24.8. The third kappa shape index (κ3) is 6.10. The highest BCUT2D eigenvalue weighted by atomic mass is 16.5. The second kappa shape index (κ2) is 11.0. The molecule has 172 valence electrons. The molecule has 0 saturated carbocycles. The summed E-state index contributed by atoms with van der Waals surface area (Å²) in [5.41, 5.74) is 6.52. The van der Waals surface area contributed by atoms with E-state index in [1.54, 1.807) is 12.3 Å². The standard InChI is InChI=1S/C27H26N4O3/c1-3-33-25-16-20(17-28-31-26-15-11-21-6-4-5-7-23(21)30-26)10-14-24(25)34-18-27(32)29-22-12-8-19(2)9-13-22/h4-17H,3,18H2,1-2H3,(H,29,32)(H,30,31)/b28-17-. The van der Waals surface area contributed by atoms with E-state index < -0.39 is 0 Å². The van der Waals surface area contributed by atoms with Crippen LogP contribution < -0.4 is 20.2 Å². The number of para-hydroxylation sites is 1. The van der Waals surface area contributed by atoms with E-state index in [9.17, 15) is 4.79 Å². The number of nitrogens with one attached hydrogen (secondary N) is 2. The molecule has 4 rings (SSSR count). The number of amides is 1. The first kappa shape index (κ1) is 22.8. The molecule has 7 nitrogen and oxygen atoms in total. The number of carbonyl (C=O) groups excluding carboxylic acids is 1. The van der Waals surface area contributed by atoms with Crippen molar-refractivity contribution in [3.05, 3.63) is 90.0 Å². The fraction of sp³-hybridized carbons (Fsp3) is 0.148. The van der Waals surface area contributed by atoms with Gasteiger partial charge in [-0.3, -0.25) is 10.2 Å². The molecule has 34 heavy (non-hydrogen) atoms. The monoisotopic (exact) mass is 454 g/mol. The molecule has 0 fully saturated rings. The molecule has 2 N–H and O–H groups in total. The molecule has 0 atom stereocenters. The quantitative estimate of drug-likeness (QED) is 0.261. The minimum absolute atomic E-state index is 0.128. The van der Waals surface area contributed by atoms with Crippen LogP contribution in [-0.4, -0.2) is 30.3 Å². The molecular formula is C27H26N4O3. The number of rotatable bonds is 9. The van der Waals surface area contributed by atoms with Gasteiger partial charge in [-0.15, -0.1) is 0 Å². The van der Waals surface area contributed by atoms with Crippen LogP contribution in [-0.2, 0) is 4.79 Å². The maximum Gasteiger partial charge on any atom is 0.262 e. The van der Waals surface area contributed by atoms with Crippen molar-refractivity contribution in [2.24, 2.45) is 5.10 Å². The molecule has 1 amide bonds. The lowest BCUT2D eigenvalue weighted by Gasteiger charge is -2.12. The fourth-order valence-corrected chi connectivity index (χ4v) is 3.27. The third-order valence-electron chi connectivity index (χ3n) is 4.95. The van der Waals surface area contributed by atoms with Crippen LogP contribution in [0.3, 0.4) is 0 Å². The van der Waals surface area contributed by atoms with Gasteiger partial charge in [-0.1, -0.05) is 35.9 Å². The van der Waals surface area contributed by atoms with Crippen molar-refractivity contribution in [1.82, 2.24) is 4.98 Å². The van der Waals surface area contributed by atoms with Crippen LogP contribution in [0.1, 0.15) is 18.1 Å². The number of hydrogen-bond acceptors (Lipinski definition) is 6. The van der Waals surface area contributed by atoms with Crippen molar-refractivity contribution in [2.75, 3.05) is 24.0 Å². The summed E-state index contributed by atoms with van der Waals surface area (Å²) in [5.74, 6) is 1.43. The average Bonchev–Trinajstić information content (AvgIpc) is 2.85. The molecule has 0 radical (unpaired) electrons. The van der Waals surface area contributed by atoms with Gasteiger partial charge >= 0.3 is 0 Å². The van der Waals surface area contributed by atoms with Crippen LogP contribution in [0.25, 0.3) is 10.9 Å². The first-order chi connectivity index (χ1) is 16.6. The van der Waals surface area contributed by atoms with E-state index in [1.165, 1.54) is 0 Å². The van der Waals surface area contributed by atoms with E-state index in [0.29, 0.717) is 23.9 Å². The van der Waals surface area contributed by atoms with Crippen molar-refractivity contribution < 1.29 is 14.3 Å². The summed E-state index contributed by atoms with van der Waals surface area (Å²) in [7, 11) is 0. The largest absolute Gasteiger partial charge is 0.490 e. The Labute approximate surface area is 198 Å². The Balaban J connectivity index is 1.37. The molecule has 0 aliphatic rings. The number of aryl methyl sites for hydroxylation is 1. The van der Waals surface area contributed by atoms with Crippen LogP contribution >= 0.6 is 0 Å². The Morgan fingerprint density at radius 2 is 1.79 bits per heavy atom. The van der Waals surface area contributed by atoms with Gasteiger partial charge in [-0.25, -0.2) is 4.98 Å². The first-order valence-corrected chi connectivity index (χ1v) is 11.0. The molecule has 0 bridgehead atoms. The third-order valence-corrected chi connectivity index (χ3v) is 4.95. The molecule has 0 unspecified atom stereocenters. The molecule has 0 aliphatic carbocycles. The van der Waals surface area contributed by atoms with Crippen molar-refractivity contribution in [3.63, 3.8) is 0 Å². The Kier molecular flexibility index (Phi) is 7.35. The van der Waals surface area contributed by atoms with Gasteiger partial charge in [0.1, 0.15) is 5.82 Å². The van der Waals surface area contributed by atoms with Crippen molar-refractivity contribution >= 4 is 34.5 Å². The Morgan fingerprint density at radius 3 is 2.62 bits per heavy atom. The van der Waals surface area contributed by atoms with Crippen molar-refractivity contribution in [1.29, 1.82) is 0 Å². The SMILES string of the molecule is CCOc1cc(/C=N\Nc2ccc3ccccc3n2)ccc1OCC(=O)Nc1ccc(C)cc1. The number of anilines is 2. The van der Waals surface area contributed by atoms with Gasteiger partial charge < -0.3 is 14.8 Å².